The first-order valence-electron chi connectivity index (χ1n) is 6.45. The number of carboxylic acid groups (broad SMARTS) is 1. The van der Waals surface area contributed by atoms with Gasteiger partial charge in [0.1, 0.15) is 0 Å². The lowest BCUT2D eigenvalue weighted by molar-refractivity contribution is -0.144. The predicted molar refractivity (Wildman–Crippen MR) is 72.9 cm³/mol. The van der Waals surface area contributed by atoms with Crippen LogP contribution < -0.4 is 5.32 Å². The fourth-order valence-electron chi connectivity index (χ4n) is 2.07. The molecule has 126 valence electrons. The van der Waals surface area contributed by atoms with Gasteiger partial charge in [0.2, 0.25) is 9.84 Å². The van der Waals surface area contributed by atoms with E-state index in [1.54, 1.807) is 0 Å². The van der Waals surface area contributed by atoms with E-state index in [4.69, 9.17) is 4.74 Å². The average molecular weight is 349 g/mol. The van der Waals surface area contributed by atoms with Gasteiger partial charge in [-0.2, -0.15) is 8.78 Å². The molecule has 0 radical (unpaired) electrons. The first kappa shape index (κ1) is 17.3. The highest BCUT2D eigenvalue weighted by Crippen LogP contribution is 2.21. The van der Waals surface area contributed by atoms with E-state index in [1.165, 1.54) is 0 Å². The lowest BCUT2D eigenvalue weighted by Gasteiger charge is -2.23. The second kappa shape index (κ2) is 6.20. The van der Waals surface area contributed by atoms with Gasteiger partial charge in [-0.25, -0.2) is 13.2 Å². The minimum atomic E-state index is -4.75. The van der Waals surface area contributed by atoms with Gasteiger partial charge < -0.3 is 15.2 Å². The molecule has 7 nitrogen and oxygen atoms in total. The van der Waals surface area contributed by atoms with E-state index in [0.29, 0.717) is 0 Å². The van der Waals surface area contributed by atoms with Crippen molar-refractivity contribution in [3.8, 4) is 0 Å². The number of carbonyl (C=O) groups excluding carboxylic acids is 1. The lowest BCUT2D eigenvalue weighted by atomic mass is 9.98. The zero-order chi connectivity index (χ0) is 17.3. The normalized spacial score (nSPS) is 21.3. The number of amides is 1. The van der Waals surface area contributed by atoms with E-state index in [2.05, 4.69) is 5.32 Å². The highest BCUT2D eigenvalue weighted by molar-refractivity contribution is 7.91. The van der Waals surface area contributed by atoms with Gasteiger partial charge in [0.25, 0.3) is 5.91 Å². The number of carboxylic acids is 1. The molecule has 1 heterocycles. The molecule has 1 aliphatic rings. The van der Waals surface area contributed by atoms with Crippen LogP contribution in [0.4, 0.5) is 8.78 Å². The molecule has 0 aliphatic carbocycles. The molecule has 10 heteroatoms. The highest BCUT2D eigenvalue weighted by atomic mass is 32.2. The smallest absolute Gasteiger partial charge is 0.341 e. The average Bonchev–Trinajstić information content (AvgIpc) is 2.97. The summed E-state index contributed by atoms with van der Waals surface area (Å²) in [6.45, 7) is -0.00985. The molecule has 0 aromatic heterocycles. The molecule has 0 bridgehead atoms. The zero-order valence-electron chi connectivity index (χ0n) is 11.7. The van der Waals surface area contributed by atoms with Crippen molar-refractivity contribution < 1.29 is 36.6 Å². The van der Waals surface area contributed by atoms with Crippen molar-refractivity contribution in [1.82, 2.24) is 5.32 Å². The number of benzene rings is 1. The Labute approximate surface area is 130 Å². The van der Waals surface area contributed by atoms with Gasteiger partial charge in [-0.3, -0.25) is 4.79 Å². The standard InChI is InChI=1S/C13H13F2NO6S/c14-12(15)23(20,21)9-3-1-8(2-4-9)10(17)16-13(11(18)19)5-6-22-7-13/h1-4,12H,5-7H2,(H,16,17)(H,18,19). The second-order valence-corrected chi connectivity index (χ2v) is 6.89. The summed E-state index contributed by atoms with van der Waals surface area (Å²) in [7, 11) is -4.75. The molecule has 1 amide bonds. The van der Waals surface area contributed by atoms with Crippen LogP contribution in [-0.4, -0.2) is 49.9 Å². The molecule has 1 aromatic rings. The maximum Gasteiger partial charge on any atom is 0.341 e. The Balaban J connectivity index is 2.20. The molecule has 0 spiro atoms. The quantitative estimate of drug-likeness (QED) is 0.808. The van der Waals surface area contributed by atoms with Gasteiger partial charge >= 0.3 is 11.7 Å². The summed E-state index contributed by atoms with van der Waals surface area (Å²) >= 11 is 0. The van der Waals surface area contributed by atoms with E-state index in [0.717, 1.165) is 24.3 Å². The SMILES string of the molecule is O=C(NC1(C(=O)O)CCOC1)c1ccc(S(=O)(=O)C(F)F)cc1. The summed E-state index contributed by atoms with van der Waals surface area (Å²) in [6, 6.07) is 3.82. The number of aliphatic carboxylic acids is 1. The van der Waals surface area contributed by atoms with Gasteiger partial charge in [0.15, 0.2) is 5.54 Å². The predicted octanol–water partition coefficient (Wildman–Crippen LogP) is 0.656. The molecular weight excluding hydrogens is 336 g/mol. The summed E-state index contributed by atoms with van der Waals surface area (Å²) < 4.78 is 52.4. The summed E-state index contributed by atoms with van der Waals surface area (Å²) in [6.07, 6.45) is 0.0892. The van der Waals surface area contributed by atoms with Crippen molar-refractivity contribution in [2.75, 3.05) is 13.2 Å². The number of hydrogen-bond acceptors (Lipinski definition) is 5. The van der Waals surface area contributed by atoms with Crippen LogP contribution in [-0.2, 0) is 19.4 Å². The van der Waals surface area contributed by atoms with Crippen molar-refractivity contribution in [3.63, 3.8) is 0 Å². The summed E-state index contributed by atoms with van der Waals surface area (Å²) in [4.78, 5) is 22.7. The Hall–Kier alpha value is -2.07. The monoisotopic (exact) mass is 349 g/mol. The number of halogens is 2. The zero-order valence-corrected chi connectivity index (χ0v) is 12.5. The van der Waals surface area contributed by atoms with Gasteiger partial charge in [-0.05, 0) is 24.3 Å². The Bertz CT molecular complexity index is 710. The summed E-state index contributed by atoms with van der Waals surface area (Å²) in [5.74, 6) is -5.58. The molecule has 0 saturated carbocycles. The van der Waals surface area contributed by atoms with Crippen LogP contribution in [0.5, 0.6) is 0 Å². The number of nitrogens with one attached hydrogen (secondary N) is 1. The number of hydrogen-bond donors (Lipinski definition) is 2. The fourth-order valence-corrected chi connectivity index (χ4v) is 2.80. The minimum Gasteiger partial charge on any atom is -0.479 e. The van der Waals surface area contributed by atoms with Crippen molar-refractivity contribution >= 4 is 21.7 Å². The molecule has 1 atom stereocenters. The molecule has 23 heavy (non-hydrogen) atoms. The highest BCUT2D eigenvalue weighted by Gasteiger charge is 2.44. The molecule has 1 unspecified atom stereocenters. The maximum absolute atomic E-state index is 12.4. The van der Waals surface area contributed by atoms with Crippen LogP contribution in [0.25, 0.3) is 0 Å². The van der Waals surface area contributed by atoms with Gasteiger partial charge in [0, 0.05) is 18.6 Å². The summed E-state index contributed by atoms with van der Waals surface area (Å²) in [5, 5.41) is 11.5. The van der Waals surface area contributed by atoms with Crippen LogP contribution in [0.1, 0.15) is 16.8 Å². The van der Waals surface area contributed by atoms with Crippen LogP contribution in [0.15, 0.2) is 29.2 Å². The molecule has 1 saturated heterocycles. The van der Waals surface area contributed by atoms with E-state index in [9.17, 15) is 31.9 Å². The third-order valence-electron chi connectivity index (χ3n) is 3.46. The molecule has 2 rings (SSSR count). The Morgan fingerprint density at radius 1 is 1.26 bits per heavy atom. The van der Waals surface area contributed by atoms with E-state index in [-0.39, 0.29) is 25.2 Å². The maximum atomic E-state index is 12.4. The van der Waals surface area contributed by atoms with Crippen LogP contribution >= 0.6 is 0 Å². The van der Waals surface area contributed by atoms with Crippen molar-refractivity contribution in [3.05, 3.63) is 29.8 Å². The Morgan fingerprint density at radius 2 is 1.87 bits per heavy atom. The first-order chi connectivity index (χ1) is 10.7. The second-order valence-electron chi connectivity index (χ2n) is 4.97. The third-order valence-corrected chi connectivity index (χ3v) is 4.86. The van der Waals surface area contributed by atoms with Crippen molar-refractivity contribution in [2.45, 2.75) is 22.6 Å². The van der Waals surface area contributed by atoms with Crippen LogP contribution in [0.3, 0.4) is 0 Å². The number of ether oxygens (including phenoxy) is 1. The Kier molecular flexibility index (Phi) is 4.66. The minimum absolute atomic E-state index is 0.0502. The first-order valence-corrected chi connectivity index (χ1v) is 7.99. The molecule has 1 aromatic carbocycles. The van der Waals surface area contributed by atoms with E-state index < -0.39 is 37.9 Å². The molecule has 1 aliphatic heterocycles. The fraction of sp³-hybridized carbons (Fsp3) is 0.385. The largest absolute Gasteiger partial charge is 0.479 e. The van der Waals surface area contributed by atoms with Crippen molar-refractivity contribution in [1.29, 1.82) is 0 Å². The molecule has 2 N–H and O–H groups in total. The van der Waals surface area contributed by atoms with Gasteiger partial charge in [-0.15, -0.1) is 0 Å². The van der Waals surface area contributed by atoms with Crippen molar-refractivity contribution in [2.24, 2.45) is 0 Å². The van der Waals surface area contributed by atoms with E-state index >= 15 is 0 Å². The van der Waals surface area contributed by atoms with Gasteiger partial charge in [0.05, 0.1) is 11.5 Å². The van der Waals surface area contributed by atoms with Crippen LogP contribution in [0.2, 0.25) is 0 Å². The third kappa shape index (κ3) is 3.32. The number of sulfone groups is 1. The van der Waals surface area contributed by atoms with Crippen LogP contribution in [0, 0.1) is 0 Å². The lowest BCUT2D eigenvalue weighted by Crippen LogP contribution is -2.55. The number of carbonyl (C=O) groups is 2. The Morgan fingerprint density at radius 3 is 2.30 bits per heavy atom. The molecule has 1 fully saturated rings. The van der Waals surface area contributed by atoms with Gasteiger partial charge in [-0.1, -0.05) is 0 Å². The van der Waals surface area contributed by atoms with E-state index in [1.807, 2.05) is 0 Å². The number of rotatable bonds is 5. The molecular formula is C13H13F2NO6S. The number of alkyl halides is 2. The topological polar surface area (TPSA) is 110 Å². The summed E-state index contributed by atoms with van der Waals surface area (Å²) in [5.41, 5.74) is -1.60.